The van der Waals surface area contributed by atoms with Crippen LogP contribution in [-0.2, 0) is 4.79 Å². The Hall–Kier alpha value is -2.89. The van der Waals surface area contributed by atoms with Crippen molar-refractivity contribution in [2.45, 2.75) is 12.8 Å². The molecule has 6 nitrogen and oxygen atoms in total. The number of benzene rings is 1. The van der Waals surface area contributed by atoms with Crippen molar-refractivity contribution in [3.05, 3.63) is 48.9 Å². The van der Waals surface area contributed by atoms with E-state index in [0.29, 0.717) is 5.82 Å². The molecule has 1 fully saturated rings. The highest BCUT2D eigenvalue weighted by Gasteiger charge is 2.26. The third kappa shape index (κ3) is 2.82. The number of fused-ring (bicyclic) bond motifs is 1. The minimum Gasteiger partial charge on any atom is -0.371 e. The van der Waals surface area contributed by atoms with Gasteiger partial charge < -0.3 is 10.2 Å². The zero-order valence-corrected chi connectivity index (χ0v) is 13.3. The van der Waals surface area contributed by atoms with E-state index in [1.54, 1.807) is 12.3 Å². The minimum atomic E-state index is 0.0428. The lowest BCUT2D eigenvalue weighted by Gasteiger charge is -2.33. The number of nitrogens with one attached hydrogen (secondary N) is 2. The van der Waals surface area contributed by atoms with Crippen LogP contribution in [0.5, 0.6) is 0 Å². The van der Waals surface area contributed by atoms with Gasteiger partial charge in [-0.25, -0.2) is 0 Å². The number of H-pyrrole nitrogens is 1. The average molecular weight is 321 g/mol. The Kier molecular flexibility index (Phi) is 3.86. The Morgan fingerprint density at radius 2 is 2.04 bits per heavy atom. The monoisotopic (exact) mass is 321 g/mol. The van der Waals surface area contributed by atoms with Gasteiger partial charge in [-0.3, -0.25) is 14.9 Å². The van der Waals surface area contributed by atoms with Gasteiger partial charge in [0.2, 0.25) is 5.91 Å². The molecule has 3 aromatic rings. The Labute approximate surface area is 139 Å². The maximum atomic E-state index is 12.3. The highest BCUT2D eigenvalue weighted by atomic mass is 16.2. The minimum absolute atomic E-state index is 0.0428. The number of piperidine rings is 1. The van der Waals surface area contributed by atoms with E-state index in [4.69, 9.17) is 0 Å². The van der Waals surface area contributed by atoms with Crippen LogP contribution in [0.15, 0.2) is 48.9 Å². The van der Waals surface area contributed by atoms with Gasteiger partial charge in [-0.1, -0.05) is 12.1 Å². The Morgan fingerprint density at radius 3 is 2.83 bits per heavy atom. The third-order valence-electron chi connectivity index (χ3n) is 4.62. The van der Waals surface area contributed by atoms with Crippen LogP contribution in [0.3, 0.4) is 0 Å². The van der Waals surface area contributed by atoms with Gasteiger partial charge in [0.15, 0.2) is 0 Å². The molecule has 1 amide bonds. The van der Waals surface area contributed by atoms with Crippen molar-refractivity contribution < 1.29 is 4.79 Å². The largest absolute Gasteiger partial charge is 0.371 e. The summed E-state index contributed by atoms with van der Waals surface area (Å²) in [5.41, 5.74) is 1.22. The quantitative estimate of drug-likeness (QED) is 0.778. The van der Waals surface area contributed by atoms with Gasteiger partial charge in [0.1, 0.15) is 5.82 Å². The topological polar surface area (TPSA) is 73.9 Å². The SMILES string of the molecule is O=C(Nc1ccn[nH]1)C1CCN(c2cccc3cnccc23)CC1. The van der Waals surface area contributed by atoms with Crippen LogP contribution in [0.4, 0.5) is 11.5 Å². The van der Waals surface area contributed by atoms with Gasteiger partial charge in [-0.2, -0.15) is 5.10 Å². The van der Waals surface area contributed by atoms with Crippen molar-refractivity contribution in [2.75, 3.05) is 23.3 Å². The number of hydrogen-bond donors (Lipinski definition) is 2. The number of amides is 1. The summed E-state index contributed by atoms with van der Waals surface area (Å²) in [6, 6.07) is 10.1. The molecule has 0 bridgehead atoms. The fourth-order valence-electron chi connectivity index (χ4n) is 3.32. The van der Waals surface area contributed by atoms with Crippen LogP contribution in [0, 0.1) is 5.92 Å². The van der Waals surface area contributed by atoms with Gasteiger partial charge in [0.25, 0.3) is 0 Å². The molecule has 2 aromatic heterocycles. The van der Waals surface area contributed by atoms with Crippen molar-refractivity contribution in [3.63, 3.8) is 0 Å². The average Bonchev–Trinajstić information content (AvgIpc) is 3.14. The molecule has 122 valence electrons. The van der Waals surface area contributed by atoms with E-state index in [0.717, 1.165) is 31.3 Å². The van der Waals surface area contributed by atoms with Crippen LogP contribution >= 0.6 is 0 Å². The Balaban J connectivity index is 1.45. The van der Waals surface area contributed by atoms with Gasteiger partial charge >= 0.3 is 0 Å². The van der Waals surface area contributed by atoms with E-state index in [9.17, 15) is 4.79 Å². The van der Waals surface area contributed by atoms with Gasteiger partial charge in [0.05, 0.1) is 6.20 Å². The molecule has 0 spiro atoms. The van der Waals surface area contributed by atoms with Crippen molar-refractivity contribution in [3.8, 4) is 0 Å². The van der Waals surface area contributed by atoms with Crippen LogP contribution in [0.1, 0.15) is 12.8 Å². The first-order valence-corrected chi connectivity index (χ1v) is 8.19. The second-order valence-corrected chi connectivity index (χ2v) is 6.09. The van der Waals surface area contributed by atoms with Crippen molar-refractivity contribution in [1.82, 2.24) is 15.2 Å². The molecule has 0 unspecified atom stereocenters. The predicted molar refractivity (Wildman–Crippen MR) is 93.9 cm³/mol. The first-order valence-electron chi connectivity index (χ1n) is 8.19. The molecule has 3 heterocycles. The number of carbonyl (C=O) groups excluding carboxylic acids is 1. The molecule has 2 N–H and O–H groups in total. The number of pyridine rings is 1. The van der Waals surface area contributed by atoms with E-state index < -0.39 is 0 Å². The van der Waals surface area contributed by atoms with E-state index in [1.165, 1.54) is 11.1 Å². The fourth-order valence-corrected chi connectivity index (χ4v) is 3.32. The summed E-state index contributed by atoms with van der Waals surface area (Å²) in [4.78, 5) is 18.9. The number of anilines is 2. The lowest BCUT2D eigenvalue weighted by Crippen LogP contribution is -2.38. The summed E-state index contributed by atoms with van der Waals surface area (Å²) in [6.07, 6.45) is 7.05. The summed E-state index contributed by atoms with van der Waals surface area (Å²) >= 11 is 0. The summed E-state index contributed by atoms with van der Waals surface area (Å²) in [7, 11) is 0. The third-order valence-corrected chi connectivity index (χ3v) is 4.62. The van der Waals surface area contributed by atoms with E-state index in [2.05, 4.69) is 49.7 Å². The number of hydrogen-bond acceptors (Lipinski definition) is 4. The summed E-state index contributed by atoms with van der Waals surface area (Å²) < 4.78 is 0. The summed E-state index contributed by atoms with van der Waals surface area (Å²) in [6.45, 7) is 1.75. The van der Waals surface area contributed by atoms with Gasteiger partial charge in [-0.15, -0.1) is 0 Å². The summed E-state index contributed by atoms with van der Waals surface area (Å²) in [5.74, 6) is 0.770. The molecule has 1 aromatic carbocycles. The van der Waals surface area contributed by atoms with E-state index in [1.807, 2.05) is 12.4 Å². The highest BCUT2D eigenvalue weighted by Crippen LogP contribution is 2.30. The maximum Gasteiger partial charge on any atom is 0.228 e. The van der Waals surface area contributed by atoms with Crippen LogP contribution in [0.25, 0.3) is 10.8 Å². The lowest BCUT2D eigenvalue weighted by atomic mass is 9.95. The number of carbonyl (C=O) groups is 1. The molecular formula is C18H19N5O. The van der Waals surface area contributed by atoms with Crippen molar-refractivity contribution >= 4 is 28.2 Å². The Morgan fingerprint density at radius 1 is 1.17 bits per heavy atom. The number of rotatable bonds is 3. The number of aromatic amines is 1. The lowest BCUT2D eigenvalue weighted by molar-refractivity contribution is -0.120. The number of aromatic nitrogens is 3. The van der Waals surface area contributed by atoms with E-state index in [-0.39, 0.29) is 11.8 Å². The molecule has 4 rings (SSSR count). The first kappa shape index (κ1) is 14.7. The van der Waals surface area contributed by atoms with Crippen LogP contribution in [0.2, 0.25) is 0 Å². The second-order valence-electron chi connectivity index (χ2n) is 6.09. The fraction of sp³-hybridized carbons (Fsp3) is 0.278. The molecular weight excluding hydrogens is 302 g/mol. The standard InChI is InChI=1S/C18H19N5O/c24-18(21-17-5-9-20-22-17)13-6-10-23(11-7-13)16-3-1-2-14-12-19-8-4-15(14)16/h1-5,8-9,12-13H,6-7,10-11H2,(H2,20,21,22,24). The Bertz CT molecular complexity index is 832. The predicted octanol–water partition coefficient (Wildman–Crippen LogP) is 2.81. The van der Waals surface area contributed by atoms with E-state index >= 15 is 0 Å². The molecule has 1 saturated heterocycles. The first-order chi connectivity index (χ1) is 11.8. The zero-order valence-electron chi connectivity index (χ0n) is 13.3. The molecule has 0 atom stereocenters. The smallest absolute Gasteiger partial charge is 0.228 e. The summed E-state index contributed by atoms with van der Waals surface area (Å²) in [5, 5.41) is 11.9. The molecule has 1 aliphatic heterocycles. The van der Waals surface area contributed by atoms with Gasteiger partial charge in [-0.05, 0) is 25.0 Å². The maximum absolute atomic E-state index is 12.3. The molecule has 24 heavy (non-hydrogen) atoms. The number of nitrogens with zero attached hydrogens (tertiary/aromatic N) is 3. The zero-order chi connectivity index (χ0) is 16.4. The van der Waals surface area contributed by atoms with Gasteiger partial charge in [0, 0.05) is 53.9 Å². The van der Waals surface area contributed by atoms with Crippen molar-refractivity contribution in [2.24, 2.45) is 5.92 Å². The van der Waals surface area contributed by atoms with Crippen LogP contribution in [-0.4, -0.2) is 34.2 Å². The molecule has 6 heteroatoms. The molecule has 0 saturated carbocycles. The van der Waals surface area contributed by atoms with Crippen molar-refractivity contribution in [1.29, 1.82) is 0 Å². The molecule has 0 aliphatic carbocycles. The molecule has 0 radical (unpaired) electrons. The van der Waals surface area contributed by atoms with Crippen LogP contribution < -0.4 is 10.2 Å². The highest BCUT2D eigenvalue weighted by molar-refractivity contribution is 5.94. The molecule has 1 aliphatic rings. The second kappa shape index (κ2) is 6.31. The normalized spacial score (nSPS) is 15.6.